The van der Waals surface area contributed by atoms with E-state index in [9.17, 15) is 14.4 Å². The Morgan fingerprint density at radius 1 is 1.03 bits per heavy atom. The molecule has 0 spiro atoms. The normalized spacial score (nSPS) is 19.7. The Bertz CT molecular complexity index is 1010. The monoisotopic (exact) mass is 464 g/mol. The first-order chi connectivity index (χ1) is 16.4. The van der Waals surface area contributed by atoms with Gasteiger partial charge >= 0.3 is 12.1 Å². The second-order valence-electron chi connectivity index (χ2n) is 9.45. The van der Waals surface area contributed by atoms with Crippen LogP contribution in [0.25, 0.3) is 11.1 Å². The number of carboxylic acids is 1. The minimum absolute atomic E-state index is 0.00981. The van der Waals surface area contributed by atoms with Crippen molar-refractivity contribution in [3.05, 3.63) is 59.7 Å². The van der Waals surface area contributed by atoms with Crippen molar-refractivity contribution in [2.45, 2.75) is 63.5 Å². The molecule has 7 heteroatoms. The van der Waals surface area contributed by atoms with Crippen LogP contribution in [0.5, 0.6) is 0 Å². The van der Waals surface area contributed by atoms with Crippen molar-refractivity contribution >= 4 is 18.0 Å². The number of amides is 2. The summed E-state index contributed by atoms with van der Waals surface area (Å²) in [6.45, 7) is 2.11. The van der Waals surface area contributed by atoms with Crippen molar-refractivity contribution in [3.8, 4) is 11.1 Å². The van der Waals surface area contributed by atoms with Gasteiger partial charge in [-0.3, -0.25) is 9.59 Å². The maximum Gasteiger partial charge on any atom is 0.407 e. The van der Waals surface area contributed by atoms with E-state index in [1.165, 1.54) is 22.3 Å². The van der Waals surface area contributed by atoms with E-state index in [1.54, 1.807) is 0 Å². The Hall–Kier alpha value is -3.35. The SMILES string of the molecule is CC(CCC(=O)NC1CCC(CC(=O)O)C1)NC(=O)OCC1c2ccccc2-c2ccccc21. The molecule has 0 heterocycles. The zero-order valence-corrected chi connectivity index (χ0v) is 19.5. The summed E-state index contributed by atoms with van der Waals surface area (Å²) < 4.78 is 5.57. The summed E-state index contributed by atoms with van der Waals surface area (Å²) in [6.07, 6.45) is 2.83. The van der Waals surface area contributed by atoms with Crippen LogP contribution in [0, 0.1) is 5.92 Å². The Balaban J connectivity index is 1.19. The fourth-order valence-corrected chi connectivity index (χ4v) is 5.20. The van der Waals surface area contributed by atoms with Gasteiger partial charge in [0, 0.05) is 30.8 Å². The van der Waals surface area contributed by atoms with Crippen LogP contribution in [0.15, 0.2) is 48.5 Å². The largest absolute Gasteiger partial charge is 0.481 e. The van der Waals surface area contributed by atoms with Gasteiger partial charge in [-0.05, 0) is 60.8 Å². The van der Waals surface area contributed by atoms with Crippen LogP contribution in [0.4, 0.5) is 4.79 Å². The van der Waals surface area contributed by atoms with Crippen LogP contribution in [0.2, 0.25) is 0 Å². The fraction of sp³-hybridized carbons (Fsp3) is 0.444. The molecular formula is C27H32N2O5. The van der Waals surface area contributed by atoms with Crippen LogP contribution < -0.4 is 10.6 Å². The van der Waals surface area contributed by atoms with E-state index in [0.717, 1.165) is 12.8 Å². The van der Waals surface area contributed by atoms with Gasteiger partial charge < -0.3 is 20.5 Å². The van der Waals surface area contributed by atoms with E-state index >= 15 is 0 Å². The van der Waals surface area contributed by atoms with Gasteiger partial charge in [-0.2, -0.15) is 0 Å². The average Bonchev–Trinajstić information content (AvgIpc) is 3.37. The quantitative estimate of drug-likeness (QED) is 0.508. The number of hydrogen-bond donors (Lipinski definition) is 3. The van der Waals surface area contributed by atoms with E-state index in [4.69, 9.17) is 9.84 Å². The van der Waals surface area contributed by atoms with Crippen LogP contribution in [0.1, 0.15) is 62.5 Å². The van der Waals surface area contributed by atoms with Crippen molar-refractivity contribution in [1.29, 1.82) is 0 Å². The number of benzene rings is 2. The number of nitrogens with one attached hydrogen (secondary N) is 2. The van der Waals surface area contributed by atoms with Crippen molar-refractivity contribution < 1.29 is 24.2 Å². The van der Waals surface area contributed by atoms with Gasteiger partial charge in [0.2, 0.25) is 5.91 Å². The zero-order valence-electron chi connectivity index (χ0n) is 19.5. The molecule has 7 nitrogen and oxygen atoms in total. The molecule has 0 saturated heterocycles. The van der Waals surface area contributed by atoms with Gasteiger partial charge in [-0.1, -0.05) is 48.5 Å². The molecule has 0 radical (unpaired) electrons. The summed E-state index contributed by atoms with van der Waals surface area (Å²) in [5.74, 6) is -0.708. The Morgan fingerprint density at radius 3 is 2.32 bits per heavy atom. The van der Waals surface area contributed by atoms with Crippen molar-refractivity contribution in [1.82, 2.24) is 10.6 Å². The Morgan fingerprint density at radius 2 is 1.68 bits per heavy atom. The molecule has 3 atom stereocenters. The third-order valence-corrected chi connectivity index (χ3v) is 6.88. The Kier molecular flexibility index (Phi) is 7.50. The molecule has 2 aromatic rings. The van der Waals surface area contributed by atoms with E-state index in [0.29, 0.717) is 19.3 Å². The number of ether oxygens (including phenoxy) is 1. The maximum absolute atomic E-state index is 12.4. The summed E-state index contributed by atoms with van der Waals surface area (Å²) >= 11 is 0. The fourth-order valence-electron chi connectivity index (χ4n) is 5.20. The summed E-state index contributed by atoms with van der Waals surface area (Å²) in [4.78, 5) is 35.5. The minimum atomic E-state index is -0.787. The predicted octanol–water partition coefficient (Wildman–Crippen LogP) is 4.45. The third kappa shape index (κ3) is 5.76. The molecule has 0 aliphatic heterocycles. The van der Waals surface area contributed by atoms with Gasteiger partial charge in [-0.15, -0.1) is 0 Å². The predicted molar refractivity (Wildman–Crippen MR) is 128 cm³/mol. The molecule has 2 amide bonds. The zero-order chi connectivity index (χ0) is 24.1. The molecule has 0 aromatic heterocycles. The highest BCUT2D eigenvalue weighted by atomic mass is 16.5. The van der Waals surface area contributed by atoms with E-state index in [2.05, 4.69) is 34.9 Å². The number of hydrogen-bond acceptors (Lipinski definition) is 4. The summed E-state index contributed by atoms with van der Waals surface area (Å²) in [5, 5.41) is 14.7. The lowest BCUT2D eigenvalue weighted by Gasteiger charge is -2.18. The molecule has 2 aliphatic rings. The lowest BCUT2D eigenvalue weighted by atomic mass is 9.98. The van der Waals surface area contributed by atoms with E-state index in [-0.39, 0.29) is 42.9 Å². The van der Waals surface area contributed by atoms with Crippen LogP contribution >= 0.6 is 0 Å². The maximum atomic E-state index is 12.4. The highest BCUT2D eigenvalue weighted by molar-refractivity contribution is 5.79. The first kappa shape index (κ1) is 23.8. The van der Waals surface area contributed by atoms with E-state index < -0.39 is 12.1 Å². The summed E-state index contributed by atoms with van der Waals surface area (Å²) in [5.41, 5.74) is 4.70. The third-order valence-electron chi connectivity index (χ3n) is 6.88. The van der Waals surface area contributed by atoms with Gasteiger partial charge in [0.05, 0.1) is 0 Å². The first-order valence-corrected chi connectivity index (χ1v) is 12.0. The standard InChI is InChI=1S/C27H32N2O5/c1-17(10-13-25(30)29-19-12-11-18(14-19)15-26(31)32)28-27(33)34-16-24-22-8-4-2-6-20(22)21-7-3-5-9-23(21)24/h2-9,17-19,24H,10-16H2,1H3,(H,28,33)(H,29,30)(H,31,32). The molecule has 34 heavy (non-hydrogen) atoms. The summed E-state index contributed by atoms with van der Waals surface area (Å²) in [6, 6.07) is 16.2. The number of carbonyl (C=O) groups is 3. The van der Waals surface area contributed by atoms with Crippen LogP contribution in [-0.2, 0) is 14.3 Å². The molecule has 3 N–H and O–H groups in total. The second kappa shape index (κ2) is 10.7. The topological polar surface area (TPSA) is 105 Å². The molecule has 3 unspecified atom stereocenters. The highest BCUT2D eigenvalue weighted by Gasteiger charge is 2.29. The second-order valence-corrected chi connectivity index (χ2v) is 9.45. The number of carboxylic acid groups (broad SMARTS) is 1. The first-order valence-electron chi connectivity index (χ1n) is 12.0. The molecular weight excluding hydrogens is 432 g/mol. The van der Waals surface area contributed by atoms with Crippen molar-refractivity contribution in [2.24, 2.45) is 5.92 Å². The molecule has 2 aromatic carbocycles. The number of fused-ring (bicyclic) bond motifs is 3. The molecule has 0 bridgehead atoms. The van der Waals surface area contributed by atoms with Crippen LogP contribution in [0.3, 0.4) is 0 Å². The van der Waals surface area contributed by atoms with Gasteiger partial charge in [-0.25, -0.2) is 4.79 Å². The molecule has 2 aliphatic carbocycles. The minimum Gasteiger partial charge on any atom is -0.481 e. The summed E-state index contributed by atoms with van der Waals surface area (Å²) in [7, 11) is 0. The van der Waals surface area contributed by atoms with E-state index in [1.807, 2.05) is 31.2 Å². The molecule has 1 fully saturated rings. The molecule has 4 rings (SSSR count). The molecule has 1 saturated carbocycles. The van der Waals surface area contributed by atoms with Crippen molar-refractivity contribution in [2.75, 3.05) is 6.61 Å². The van der Waals surface area contributed by atoms with Gasteiger partial charge in [0.15, 0.2) is 0 Å². The van der Waals surface area contributed by atoms with Gasteiger partial charge in [0.1, 0.15) is 6.61 Å². The highest BCUT2D eigenvalue weighted by Crippen LogP contribution is 2.44. The number of aliphatic carboxylic acids is 1. The van der Waals surface area contributed by atoms with Crippen molar-refractivity contribution in [3.63, 3.8) is 0 Å². The average molecular weight is 465 g/mol. The number of rotatable bonds is 9. The molecule has 180 valence electrons. The lowest BCUT2D eigenvalue weighted by Crippen LogP contribution is -2.37. The van der Waals surface area contributed by atoms with Crippen LogP contribution in [-0.4, -0.2) is 41.8 Å². The smallest absolute Gasteiger partial charge is 0.407 e. The Labute approximate surface area is 199 Å². The lowest BCUT2D eigenvalue weighted by molar-refractivity contribution is -0.138. The van der Waals surface area contributed by atoms with Gasteiger partial charge in [0.25, 0.3) is 0 Å². The number of alkyl carbamates (subject to hydrolysis) is 1. The number of carbonyl (C=O) groups excluding carboxylic acids is 2.